The average Bonchev–Trinajstić information content (AvgIpc) is 2.45. The number of aliphatic carboxylic acids is 1. The lowest BCUT2D eigenvalue weighted by molar-refractivity contribution is -0.390. The highest BCUT2D eigenvalue weighted by molar-refractivity contribution is 5.72. The molecule has 0 aliphatic rings. The molecule has 0 spiro atoms. The van der Waals surface area contributed by atoms with Crippen molar-refractivity contribution in [1.29, 1.82) is 0 Å². The fourth-order valence-electron chi connectivity index (χ4n) is 1.50. The van der Waals surface area contributed by atoms with E-state index in [1.165, 1.54) is 13.1 Å². The fourth-order valence-corrected chi connectivity index (χ4v) is 1.50. The predicted octanol–water partition coefficient (Wildman–Crippen LogP) is 1.38. The summed E-state index contributed by atoms with van der Waals surface area (Å²) >= 11 is 0. The Morgan fingerprint density at radius 1 is 1.62 bits per heavy atom. The SMILES string of the molecule is Cc1cn(C(C(=O)O)C(C)C)nc1[N+](=O)[O-]. The van der Waals surface area contributed by atoms with Gasteiger partial charge in [-0.3, -0.25) is 0 Å². The van der Waals surface area contributed by atoms with Crippen molar-refractivity contribution in [3.63, 3.8) is 0 Å². The Morgan fingerprint density at radius 2 is 2.19 bits per heavy atom. The van der Waals surface area contributed by atoms with Crippen molar-refractivity contribution >= 4 is 11.8 Å². The van der Waals surface area contributed by atoms with E-state index >= 15 is 0 Å². The Balaban J connectivity index is 3.17. The predicted molar refractivity (Wildman–Crippen MR) is 55.1 cm³/mol. The third-order valence-electron chi connectivity index (χ3n) is 2.23. The number of carboxylic acid groups (broad SMARTS) is 1. The Hall–Kier alpha value is -1.92. The summed E-state index contributed by atoms with van der Waals surface area (Å²) in [6.07, 6.45) is 1.39. The summed E-state index contributed by atoms with van der Waals surface area (Å²) < 4.78 is 1.14. The monoisotopic (exact) mass is 227 g/mol. The van der Waals surface area contributed by atoms with Gasteiger partial charge in [0.1, 0.15) is 0 Å². The van der Waals surface area contributed by atoms with E-state index in [0.29, 0.717) is 5.56 Å². The Kier molecular flexibility index (Phi) is 3.26. The van der Waals surface area contributed by atoms with Crippen molar-refractivity contribution in [1.82, 2.24) is 9.78 Å². The molecule has 7 nitrogen and oxygen atoms in total. The van der Waals surface area contributed by atoms with E-state index < -0.39 is 16.9 Å². The van der Waals surface area contributed by atoms with Crippen molar-refractivity contribution in [3.05, 3.63) is 21.9 Å². The van der Waals surface area contributed by atoms with Gasteiger partial charge in [-0.05, 0) is 17.8 Å². The summed E-state index contributed by atoms with van der Waals surface area (Å²) in [5.74, 6) is -1.55. The molecule has 0 amide bonds. The first-order valence-corrected chi connectivity index (χ1v) is 4.77. The number of rotatable bonds is 4. The molecule has 0 aliphatic heterocycles. The molecule has 0 aromatic carbocycles. The van der Waals surface area contributed by atoms with E-state index in [9.17, 15) is 14.9 Å². The van der Waals surface area contributed by atoms with Crippen LogP contribution >= 0.6 is 0 Å². The summed E-state index contributed by atoms with van der Waals surface area (Å²) in [5, 5.41) is 23.3. The molecule has 1 heterocycles. The second-order valence-corrected chi connectivity index (χ2v) is 3.90. The van der Waals surface area contributed by atoms with Gasteiger partial charge in [-0.1, -0.05) is 13.8 Å². The number of aryl methyl sites for hydroxylation is 1. The number of nitrogens with zero attached hydrogens (tertiary/aromatic N) is 3. The van der Waals surface area contributed by atoms with Crippen molar-refractivity contribution in [2.75, 3.05) is 0 Å². The van der Waals surface area contributed by atoms with Crippen LogP contribution in [-0.2, 0) is 4.79 Å². The van der Waals surface area contributed by atoms with Gasteiger partial charge in [0.25, 0.3) is 0 Å². The van der Waals surface area contributed by atoms with E-state index in [0.717, 1.165) is 4.68 Å². The standard InChI is InChI=1S/C9H13N3O4/c1-5(2)7(9(13)14)11-4-6(3)8(10-11)12(15)16/h4-5,7H,1-3H3,(H,13,14). The molecule has 7 heteroatoms. The van der Waals surface area contributed by atoms with Crippen molar-refractivity contribution in [3.8, 4) is 0 Å². The molecule has 0 saturated carbocycles. The zero-order valence-corrected chi connectivity index (χ0v) is 9.25. The van der Waals surface area contributed by atoms with Gasteiger partial charge in [0.2, 0.25) is 0 Å². The zero-order valence-electron chi connectivity index (χ0n) is 9.25. The molecule has 1 aromatic rings. The molecule has 0 radical (unpaired) electrons. The van der Waals surface area contributed by atoms with Gasteiger partial charge in [-0.2, -0.15) is 4.68 Å². The topological polar surface area (TPSA) is 98.3 Å². The highest BCUT2D eigenvalue weighted by atomic mass is 16.6. The van der Waals surface area contributed by atoms with Crippen molar-refractivity contribution in [2.24, 2.45) is 5.92 Å². The zero-order chi connectivity index (χ0) is 12.5. The number of carboxylic acids is 1. The van der Waals surface area contributed by atoms with E-state index in [1.807, 2.05) is 0 Å². The minimum absolute atomic E-state index is 0.198. The summed E-state index contributed by atoms with van der Waals surface area (Å²) in [6, 6.07) is -0.882. The van der Waals surface area contributed by atoms with Gasteiger partial charge < -0.3 is 15.2 Å². The smallest absolute Gasteiger partial charge is 0.392 e. The van der Waals surface area contributed by atoms with Gasteiger partial charge in [0, 0.05) is 0 Å². The quantitative estimate of drug-likeness (QED) is 0.618. The lowest BCUT2D eigenvalue weighted by atomic mass is 10.1. The Labute approximate surface area is 91.8 Å². The minimum Gasteiger partial charge on any atom is -0.480 e. The van der Waals surface area contributed by atoms with Crippen LogP contribution in [0.3, 0.4) is 0 Å². The number of aromatic nitrogens is 2. The molecule has 0 fully saturated rings. The largest absolute Gasteiger partial charge is 0.480 e. The molecule has 88 valence electrons. The Bertz CT molecular complexity index is 424. The lowest BCUT2D eigenvalue weighted by Crippen LogP contribution is -2.24. The molecule has 0 bridgehead atoms. The molecule has 1 unspecified atom stereocenters. The van der Waals surface area contributed by atoms with Crippen LogP contribution in [0.4, 0.5) is 5.82 Å². The van der Waals surface area contributed by atoms with Crippen LogP contribution in [0.5, 0.6) is 0 Å². The van der Waals surface area contributed by atoms with E-state index in [2.05, 4.69) is 5.10 Å². The minimum atomic E-state index is -1.05. The van der Waals surface area contributed by atoms with Gasteiger partial charge >= 0.3 is 11.8 Å². The first kappa shape index (κ1) is 12.2. The van der Waals surface area contributed by atoms with Crippen LogP contribution in [0.15, 0.2) is 6.20 Å². The number of nitro groups is 1. The highest BCUT2D eigenvalue weighted by Crippen LogP contribution is 2.22. The first-order valence-electron chi connectivity index (χ1n) is 4.77. The average molecular weight is 227 g/mol. The maximum atomic E-state index is 11.0. The van der Waals surface area contributed by atoms with Crippen LogP contribution in [-0.4, -0.2) is 25.8 Å². The van der Waals surface area contributed by atoms with Crippen molar-refractivity contribution in [2.45, 2.75) is 26.8 Å². The van der Waals surface area contributed by atoms with Crippen molar-refractivity contribution < 1.29 is 14.8 Å². The van der Waals surface area contributed by atoms with Gasteiger partial charge in [0.15, 0.2) is 6.04 Å². The molecule has 1 atom stereocenters. The van der Waals surface area contributed by atoms with Crippen LogP contribution < -0.4 is 0 Å². The second kappa shape index (κ2) is 4.30. The van der Waals surface area contributed by atoms with Crippen LogP contribution in [0.1, 0.15) is 25.5 Å². The number of hydrogen-bond donors (Lipinski definition) is 1. The normalized spacial score (nSPS) is 12.8. The first-order chi connectivity index (χ1) is 7.34. The molecule has 0 saturated heterocycles. The molecule has 1 rings (SSSR count). The van der Waals surface area contributed by atoms with E-state index in [4.69, 9.17) is 5.11 Å². The van der Waals surface area contributed by atoms with Crippen LogP contribution in [0.2, 0.25) is 0 Å². The maximum Gasteiger partial charge on any atom is 0.392 e. The lowest BCUT2D eigenvalue weighted by Gasteiger charge is -2.12. The molecule has 1 N–H and O–H groups in total. The Morgan fingerprint density at radius 3 is 2.50 bits per heavy atom. The molecule has 16 heavy (non-hydrogen) atoms. The van der Waals surface area contributed by atoms with E-state index in [-0.39, 0.29) is 11.7 Å². The number of hydrogen-bond acceptors (Lipinski definition) is 4. The third-order valence-corrected chi connectivity index (χ3v) is 2.23. The summed E-state index contributed by atoms with van der Waals surface area (Å²) in [4.78, 5) is 21.0. The summed E-state index contributed by atoms with van der Waals surface area (Å²) in [7, 11) is 0. The molecule has 0 aliphatic carbocycles. The summed E-state index contributed by atoms with van der Waals surface area (Å²) in [6.45, 7) is 4.98. The van der Waals surface area contributed by atoms with E-state index in [1.54, 1.807) is 13.8 Å². The maximum absolute atomic E-state index is 11.0. The molecule has 1 aromatic heterocycles. The molecular formula is C9H13N3O4. The third kappa shape index (κ3) is 2.18. The summed E-state index contributed by atoms with van der Waals surface area (Å²) in [5.41, 5.74) is 0.358. The highest BCUT2D eigenvalue weighted by Gasteiger charge is 2.29. The van der Waals surface area contributed by atoms with Crippen LogP contribution in [0, 0.1) is 23.0 Å². The van der Waals surface area contributed by atoms with Gasteiger partial charge in [0.05, 0.1) is 16.9 Å². The fraction of sp³-hybridized carbons (Fsp3) is 0.556. The number of carbonyl (C=O) groups is 1. The molecular weight excluding hydrogens is 214 g/mol. The van der Waals surface area contributed by atoms with Gasteiger partial charge in [-0.15, -0.1) is 0 Å². The van der Waals surface area contributed by atoms with Gasteiger partial charge in [-0.25, -0.2) is 4.79 Å². The van der Waals surface area contributed by atoms with Crippen LogP contribution in [0.25, 0.3) is 0 Å². The second-order valence-electron chi connectivity index (χ2n) is 3.90.